The van der Waals surface area contributed by atoms with Gasteiger partial charge in [0, 0.05) is 0 Å². The van der Waals surface area contributed by atoms with Crippen LogP contribution < -0.4 is 0 Å². The molecule has 0 nitrogen and oxygen atoms in total. The minimum atomic E-state index is -0.849. The average Bonchev–Trinajstić information content (AvgIpc) is 2.20. The van der Waals surface area contributed by atoms with Crippen molar-refractivity contribution in [3.8, 4) is 0 Å². The Morgan fingerprint density at radius 1 is 0.867 bits per heavy atom. The first kappa shape index (κ1) is 11.4. The van der Waals surface area contributed by atoms with Crippen molar-refractivity contribution in [2.24, 2.45) is 17.8 Å². The summed E-state index contributed by atoms with van der Waals surface area (Å²) in [5.74, 6) is 2.72. The summed E-state index contributed by atoms with van der Waals surface area (Å²) < 4.78 is 13.7. The van der Waals surface area contributed by atoms with Gasteiger partial charge in [0.25, 0.3) is 0 Å². The molecule has 0 aromatic rings. The molecule has 2 aliphatic carbocycles. The van der Waals surface area contributed by atoms with Crippen LogP contribution in [-0.4, -0.2) is 5.67 Å². The van der Waals surface area contributed by atoms with Crippen molar-refractivity contribution in [3.05, 3.63) is 0 Å². The molecule has 0 aromatic heterocycles. The second kappa shape index (κ2) is 4.43. The van der Waals surface area contributed by atoms with Crippen molar-refractivity contribution < 1.29 is 4.39 Å². The van der Waals surface area contributed by atoms with E-state index in [-0.39, 0.29) is 0 Å². The van der Waals surface area contributed by atoms with Gasteiger partial charge in [0.15, 0.2) is 0 Å². The van der Waals surface area contributed by atoms with E-state index in [1.807, 2.05) is 0 Å². The number of alkyl halides is 1. The third kappa shape index (κ3) is 2.95. The van der Waals surface area contributed by atoms with Gasteiger partial charge in [0.05, 0.1) is 0 Å². The molecular formula is C14H25F. The van der Waals surface area contributed by atoms with Crippen LogP contribution in [0.3, 0.4) is 0 Å². The van der Waals surface area contributed by atoms with Gasteiger partial charge in [-0.2, -0.15) is 0 Å². The van der Waals surface area contributed by atoms with E-state index >= 15 is 0 Å². The van der Waals surface area contributed by atoms with E-state index in [4.69, 9.17) is 0 Å². The Labute approximate surface area is 93.6 Å². The molecule has 0 saturated heterocycles. The summed E-state index contributed by atoms with van der Waals surface area (Å²) in [6, 6.07) is 0. The van der Waals surface area contributed by atoms with Gasteiger partial charge in [-0.05, 0) is 63.2 Å². The van der Waals surface area contributed by atoms with E-state index in [2.05, 4.69) is 6.92 Å². The molecule has 0 heterocycles. The number of hydrogen-bond acceptors (Lipinski definition) is 0. The standard InChI is InChI=1S/C14H25F/c1-11-3-5-12(6-4-11)13-7-9-14(2,15)10-8-13/h11-13H,3-10H2,1-2H3. The van der Waals surface area contributed by atoms with Crippen LogP contribution in [-0.2, 0) is 0 Å². The van der Waals surface area contributed by atoms with Crippen molar-refractivity contribution >= 4 is 0 Å². The normalized spacial score (nSPS) is 47.8. The topological polar surface area (TPSA) is 0 Å². The molecule has 0 unspecified atom stereocenters. The van der Waals surface area contributed by atoms with Gasteiger partial charge >= 0.3 is 0 Å². The highest BCUT2D eigenvalue weighted by Crippen LogP contribution is 2.43. The van der Waals surface area contributed by atoms with Gasteiger partial charge in [-0.3, -0.25) is 0 Å². The molecule has 2 fully saturated rings. The number of halogens is 1. The summed E-state index contributed by atoms with van der Waals surface area (Å²) in [6.45, 7) is 4.15. The van der Waals surface area contributed by atoms with Crippen LogP contribution in [0.4, 0.5) is 4.39 Å². The van der Waals surface area contributed by atoms with Crippen LogP contribution in [0.15, 0.2) is 0 Å². The molecular weight excluding hydrogens is 187 g/mol. The Kier molecular flexibility index (Phi) is 3.37. The van der Waals surface area contributed by atoms with Crippen LogP contribution in [0.2, 0.25) is 0 Å². The zero-order chi connectivity index (χ0) is 10.9. The van der Waals surface area contributed by atoms with Crippen molar-refractivity contribution in [1.29, 1.82) is 0 Å². The van der Waals surface area contributed by atoms with Gasteiger partial charge in [-0.15, -0.1) is 0 Å². The fourth-order valence-electron chi connectivity index (χ4n) is 3.47. The summed E-state index contributed by atoms with van der Waals surface area (Å²) in [5.41, 5.74) is -0.849. The molecule has 0 aromatic carbocycles. The van der Waals surface area contributed by atoms with Gasteiger partial charge < -0.3 is 0 Å². The van der Waals surface area contributed by atoms with Gasteiger partial charge in [0.2, 0.25) is 0 Å². The summed E-state index contributed by atoms with van der Waals surface area (Å²) in [6.07, 6.45) is 9.55. The fraction of sp³-hybridized carbons (Fsp3) is 1.00. The van der Waals surface area contributed by atoms with Crippen LogP contribution in [0.5, 0.6) is 0 Å². The van der Waals surface area contributed by atoms with Gasteiger partial charge in [-0.25, -0.2) is 4.39 Å². The maximum absolute atomic E-state index is 13.7. The molecule has 0 radical (unpaired) electrons. The Bertz CT molecular complexity index is 191. The van der Waals surface area contributed by atoms with E-state index < -0.39 is 5.67 Å². The molecule has 0 atom stereocenters. The highest BCUT2D eigenvalue weighted by atomic mass is 19.1. The molecule has 2 rings (SSSR count). The molecule has 0 spiro atoms. The summed E-state index contributed by atoms with van der Waals surface area (Å²) >= 11 is 0. The van der Waals surface area contributed by atoms with Crippen LogP contribution in [0, 0.1) is 17.8 Å². The summed E-state index contributed by atoms with van der Waals surface area (Å²) in [4.78, 5) is 0. The Morgan fingerprint density at radius 2 is 1.33 bits per heavy atom. The van der Waals surface area contributed by atoms with E-state index in [0.717, 1.165) is 43.4 Å². The lowest BCUT2D eigenvalue weighted by molar-refractivity contribution is 0.0699. The maximum atomic E-state index is 13.7. The first-order valence-electron chi connectivity index (χ1n) is 6.76. The lowest BCUT2D eigenvalue weighted by atomic mass is 9.69. The molecule has 0 aliphatic heterocycles. The predicted octanol–water partition coefficient (Wildman–Crippen LogP) is 4.73. The molecule has 15 heavy (non-hydrogen) atoms. The first-order valence-corrected chi connectivity index (χ1v) is 6.76. The smallest absolute Gasteiger partial charge is 0.108 e. The largest absolute Gasteiger partial charge is 0.244 e. The average molecular weight is 212 g/mol. The second-order valence-electron chi connectivity index (χ2n) is 6.27. The van der Waals surface area contributed by atoms with Crippen LogP contribution in [0.25, 0.3) is 0 Å². The Balaban J connectivity index is 1.80. The molecule has 2 aliphatic rings. The number of rotatable bonds is 1. The van der Waals surface area contributed by atoms with E-state index in [0.29, 0.717) is 0 Å². The zero-order valence-electron chi connectivity index (χ0n) is 10.3. The minimum absolute atomic E-state index is 0.809. The van der Waals surface area contributed by atoms with E-state index in [1.54, 1.807) is 6.92 Å². The van der Waals surface area contributed by atoms with Crippen LogP contribution in [0.1, 0.15) is 65.2 Å². The van der Waals surface area contributed by atoms with E-state index in [9.17, 15) is 4.39 Å². The van der Waals surface area contributed by atoms with E-state index in [1.165, 1.54) is 25.7 Å². The third-order valence-electron chi connectivity index (χ3n) is 4.80. The predicted molar refractivity (Wildman–Crippen MR) is 62.6 cm³/mol. The lowest BCUT2D eigenvalue weighted by Crippen LogP contribution is -2.30. The summed E-state index contributed by atoms with van der Waals surface area (Å²) in [5, 5.41) is 0. The molecule has 0 bridgehead atoms. The SMILES string of the molecule is CC1CCC(C2CCC(C)(F)CC2)CC1. The Morgan fingerprint density at radius 3 is 1.87 bits per heavy atom. The highest BCUT2D eigenvalue weighted by molar-refractivity contribution is 4.86. The lowest BCUT2D eigenvalue weighted by Gasteiger charge is -2.38. The molecule has 0 amide bonds. The summed E-state index contributed by atoms with van der Waals surface area (Å²) in [7, 11) is 0. The quantitative estimate of drug-likeness (QED) is 0.589. The van der Waals surface area contributed by atoms with Crippen molar-refractivity contribution in [3.63, 3.8) is 0 Å². The zero-order valence-corrected chi connectivity index (χ0v) is 10.3. The Hall–Kier alpha value is -0.0700. The monoisotopic (exact) mass is 212 g/mol. The van der Waals surface area contributed by atoms with Crippen molar-refractivity contribution in [2.45, 2.75) is 70.9 Å². The van der Waals surface area contributed by atoms with Gasteiger partial charge in [0.1, 0.15) is 5.67 Å². The minimum Gasteiger partial charge on any atom is -0.244 e. The molecule has 88 valence electrons. The molecule has 0 N–H and O–H groups in total. The highest BCUT2D eigenvalue weighted by Gasteiger charge is 2.34. The number of hydrogen-bond donors (Lipinski definition) is 0. The second-order valence-corrected chi connectivity index (χ2v) is 6.27. The maximum Gasteiger partial charge on any atom is 0.108 e. The van der Waals surface area contributed by atoms with Crippen molar-refractivity contribution in [1.82, 2.24) is 0 Å². The molecule has 2 saturated carbocycles. The fourth-order valence-corrected chi connectivity index (χ4v) is 3.47. The first-order chi connectivity index (χ1) is 7.07. The van der Waals surface area contributed by atoms with Crippen molar-refractivity contribution in [2.75, 3.05) is 0 Å². The van der Waals surface area contributed by atoms with Gasteiger partial charge in [-0.1, -0.05) is 19.8 Å². The van der Waals surface area contributed by atoms with Crippen LogP contribution >= 0.6 is 0 Å². The molecule has 1 heteroatoms. The third-order valence-corrected chi connectivity index (χ3v) is 4.80.